The van der Waals surface area contributed by atoms with Gasteiger partial charge in [-0.3, -0.25) is 4.79 Å². The van der Waals surface area contributed by atoms with Gasteiger partial charge in [-0.1, -0.05) is 47.1 Å². The maximum atomic E-state index is 13.2. The molecule has 0 atom stereocenters. The van der Waals surface area contributed by atoms with Crippen LogP contribution in [0.5, 0.6) is 0 Å². The molecular formula is C19H14Cl2FN3OS. The van der Waals surface area contributed by atoms with Crippen molar-refractivity contribution in [2.75, 3.05) is 6.54 Å². The molecule has 0 aliphatic carbocycles. The van der Waals surface area contributed by atoms with Gasteiger partial charge in [0.25, 0.3) is 5.91 Å². The van der Waals surface area contributed by atoms with Crippen LogP contribution in [0.3, 0.4) is 0 Å². The smallest absolute Gasteiger partial charge is 0.254 e. The van der Waals surface area contributed by atoms with E-state index in [0.717, 1.165) is 10.5 Å². The van der Waals surface area contributed by atoms with Gasteiger partial charge in [-0.2, -0.15) is 0 Å². The molecule has 0 radical (unpaired) electrons. The Morgan fingerprint density at radius 2 is 1.85 bits per heavy atom. The summed E-state index contributed by atoms with van der Waals surface area (Å²) in [5.74, 6) is -0.620. The average Bonchev–Trinajstić information content (AvgIpc) is 2.65. The van der Waals surface area contributed by atoms with Crippen molar-refractivity contribution >= 4 is 40.9 Å². The van der Waals surface area contributed by atoms with E-state index in [2.05, 4.69) is 15.5 Å². The van der Waals surface area contributed by atoms with Crippen LogP contribution in [0.2, 0.25) is 10.2 Å². The van der Waals surface area contributed by atoms with Gasteiger partial charge >= 0.3 is 0 Å². The minimum Gasteiger partial charge on any atom is -0.352 e. The molecule has 0 bridgehead atoms. The van der Waals surface area contributed by atoms with Crippen molar-refractivity contribution in [1.82, 2.24) is 15.5 Å². The van der Waals surface area contributed by atoms with Gasteiger partial charge in [-0.25, -0.2) is 4.39 Å². The predicted octanol–water partition coefficient (Wildman–Crippen LogP) is 5.05. The van der Waals surface area contributed by atoms with Crippen LogP contribution in [-0.4, -0.2) is 22.6 Å². The maximum absolute atomic E-state index is 13.2. The molecule has 4 nitrogen and oxygen atoms in total. The first-order chi connectivity index (χ1) is 13.0. The average molecular weight is 422 g/mol. The number of aromatic nitrogens is 2. The largest absolute Gasteiger partial charge is 0.352 e. The zero-order chi connectivity index (χ0) is 19.2. The summed E-state index contributed by atoms with van der Waals surface area (Å²) in [6.07, 6.45) is 0.509. The number of hydrogen-bond donors (Lipinski definition) is 1. The van der Waals surface area contributed by atoms with Crippen LogP contribution >= 0.6 is 35.0 Å². The van der Waals surface area contributed by atoms with Crippen molar-refractivity contribution < 1.29 is 9.18 Å². The van der Waals surface area contributed by atoms with Crippen LogP contribution < -0.4 is 5.32 Å². The molecule has 0 spiro atoms. The Bertz CT molecular complexity index is 954. The molecule has 2 aromatic carbocycles. The third-order valence-electron chi connectivity index (χ3n) is 3.59. The standard InChI is InChI=1S/C19H14Cl2FN3OS/c20-13-4-6-15(7-5-13)27-19-16(11-17(21)24-25-19)18(26)23-9-8-12-2-1-3-14(22)10-12/h1-7,10-11H,8-9H2,(H,23,26). The molecule has 0 saturated carbocycles. The summed E-state index contributed by atoms with van der Waals surface area (Å²) in [5, 5.41) is 11.8. The van der Waals surface area contributed by atoms with E-state index in [0.29, 0.717) is 28.6 Å². The quantitative estimate of drug-likeness (QED) is 0.605. The minimum atomic E-state index is -0.320. The van der Waals surface area contributed by atoms with Gasteiger partial charge in [0, 0.05) is 16.5 Å². The summed E-state index contributed by atoms with van der Waals surface area (Å²) in [5.41, 5.74) is 1.13. The van der Waals surface area contributed by atoms with E-state index in [1.54, 1.807) is 18.2 Å². The molecule has 0 aliphatic rings. The molecule has 1 aromatic heterocycles. The highest BCUT2D eigenvalue weighted by Gasteiger charge is 2.16. The molecule has 3 rings (SSSR count). The van der Waals surface area contributed by atoms with Crippen LogP contribution in [-0.2, 0) is 6.42 Å². The number of rotatable bonds is 6. The lowest BCUT2D eigenvalue weighted by Crippen LogP contribution is -2.26. The summed E-state index contributed by atoms with van der Waals surface area (Å²) in [7, 11) is 0. The van der Waals surface area contributed by atoms with Crippen molar-refractivity contribution in [3.63, 3.8) is 0 Å². The van der Waals surface area contributed by atoms with Gasteiger partial charge in [0.1, 0.15) is 10.8 Å². The van der Waals surface area contributed by atoms with Gasteiger partial charge < -0.3 is 5.32 Å². The number of benzene rings is 2. The Labute approximate surface area is 170 Å². The molecule has 1 N–H and O–H groups in total. The van der Waals surface area contributed by atoms with Crippen molar-refractivity contribution in [2.24, 2.45) is 0 Å². The van der Waals surface area contributed by atoms with E-state index in [-0.39, 0.29) is 16.9 Å². The zero-order valence-electron chi connectivity index (χ0n) is 14.0. The summed E-state index contributed by atoms with van der Waals surface area (Å²) >= 11 is 13.1. The monoisotopic (exact) mass is 421 g/mol. The van der Waals surface area contributed by atoms with Gasteiger partial charge in [0.05, 0.1) is 5.56 Å². The lowest BCUT2D eigenvalue weighted by molar-refractivity contribution is 0.0950. The highest BCUT2D eigenvalue weighted by atomic mass is 35.5. The lowest BCUT2D eigenvalue weighted by Gasteiger charge is -2.09. The molecule has 1 amide bonds. The van der Waals surface area contributed by atoms with E-state index >= 15 is 0 Å². The van der Waals surface area contributed by atoms with E-state index in [1.807, 2.05) is 18.2 Å². The summed E-state index contributed by atoms with van der Waals surface area (Å²) in [6, 6.07) is 14.9. The Balaban J connectivity index is 1.69. The summed E-state index contributed by atoms with van der Waals surface area (Å²) in [6.45, 7) is 0.354. The first-order valence-corrected chi connectivity index (χ1v) is 9.58. The number of halogens is 3. The zero-order valence-corrected chi connectivity index (χ0v) is 16.3. The number of carbonyl (C=O) groups excluding carboxylic acids is 1. The van der Waals surface area contributed by atoms with Gasteiger partial charge in [0.15, 0.2) is 5.15 Å². The Hall–Kier alpha value is -2.15. The molecule has 0 aliphatic heterocycles. The maximum Gasteiger partial charge on any atom is 0.254 e. The molecule has 3 aromatic rings. The van der Waals surface area contributed by atoms with Gasteiger partial charge in [0.2, 0.25) is 0 Å². The Kier molecular flexibility index (Phi) is 6.66. The van der Waals surface area contributed by atoms with Crippen LogP contribution in [0, 0.1) is 5.82 Å². The molecule has 8 heteroatoms. The van der Waals surface area contributed by atoms with E-state index in [9.17, 15) is 9.18 Å². The lowest BCUT2D eigenvalue weighted by atomic mass is 10.1. The number of amides is 1. The van der Waals surface area contributed by atoms with Crippen molar-refractivity contribution in [3.8, 4) is 0 Å². The predicted molar refractivity (Wildman–Crippen MR) is 105 cm³/mol. The van der Waals surface area contributed by atoms with Gasteiger partial charge in [-0.15, -0.1) is 10.2 Å². The minimum absolute atomic E-state index is 0.130. The molecule has 0 fully saturated rings. The number of hydrogen-bond acceptors (Lipinski definition) is 4. The fraction of sp³-hybridized carbons (Fsp3) is 0.105. The third-order valence-corrected chi connectivity index (χ3v) is 5.03. The van der Waals surface area contributed by atoms with Crippen LogP contribution in [0.4, 0.5) is 4.39 Å². The molecular weight excluding hydrogens is 408 g/mol. The van der Waals surface area contributed by atoms with Crippen LogP contribution in [0.15, 0.2) is 64.5 Å². The van der Waals surface area contributed by atoms with E-state index in [4.69, 9.17) is 23.2 Å². The normalized spacial score (nSPS) is 10.6. The fourth-order valence-corrected chi connectivity index (χ4v) is 3.43. The Morgan fingerprint density at radius 1 is 1.07 bits per heavy atom. The molecule has 1 heterocycles. The molecule has 0 unspecified atom stereocenters. The summed E-state index contributed by atoms with van der Waals surface area (Å²) < 4.78 is 13.2. The Morgan fingerprint density at radius 3 is 2.59 bits per heavy atom. The second kappa shape index (κ2) is 9.17. The highest BCUT2D eigenvalue weighted by molar-refractivity contribution is 7.99. The molecule has 0 saturated heterocycles. The second-order valence-corrected chi connectivity index (χ2v) is 7.46. The van der Waals surface area contributed by atoms with Crippen molar-refractivity contribution in [2.45, 2.75) is 16.3 Å². The number of nitrogens with one attached hydrogen (secondary N) is 1. The topological polar surface area (TPSA) is 54.9 Å². The first kappa shape index (κ1) is 19.6. The van der Waals surface area contributed by atoms with E-state index < -0.39 is 0 Å². The molecule has 138 valence electrons. The van der Waals surface area contributed by atoms with E-state index in [1.165, 1.54) is 30.0 Å². The SMILES string of the molecule is O=C(NCCc1cccc(F)c1)c1cc(Cl)nnc1Sc1ccc(Cl)cc1. The first-order valence-electron chi connectivity index (χ1n) is 8.00. The van der Waals surface area contributed by atoms with Crippen LogP contribution in [0.1, 0.15) is 15.9 Å². The fourth-order valence-electron chi connectivity index (χ4n) is 2.32. The van der Waals surface area contributed by atoms with Gasteiger partial charge in [-0.05, 0) is 54.4 Å². The third kappa shape index (κ3) is 5.66. The number of carbonyl (C=O) groups is 1. The molecule has 27 heavy (non-hydrogen) atoms. The summed E-state index contributed by atoms with van der Waals surface area (Å²) in [4.78, 5) is 13.4. The van der Waals surface area contributed by atoms with Crippen LogP contribution in [0.25, 0.3) is 0 Å². The number of nitrogens with zero attached hydrogens (tertiary/aromatic N) is 2. The van der Waals surface area contributed by atoms with Crippen molar-refractivity contribution in [3.05, 3.63) is 81.7 Å². The second-order valence-electron chi connectivity index (χ2n) is 5.58. The van der Waals surface area contributed by atoms with Crippen molar-refractivity contribution in [1.29, 1.82) is 0 Å². The highest BCUT2D eigenvalue weighted by Crippen LogP contribution is 2.30.